The van der Waals surface area contributed by atoms with Crippen LogP contribution in [0.1, 0.15) is 5.69 Å². The van der Waals surface area contributed by atoms with Gasteiger partial charge in [0, 0.05) is 29.5 Å². The van der Waals surface area contributed by atoms with Crippen LogP contribution in [0.2, 0.25) is 0 Å². The highest BCUT2D eigenvalue weighted by molar-refractivity contribution is 9.08. The fourth-order valence-electron chi connectivity index (χ4n) is 1.34. The largest absolute Gasteiger partial charge is 0.265 e. The van der Waals surface area contributed by atoms with Gasteiger partial charge in [-0.05, 0) is 23.8 Å². The Bertz CT molecular complexity index is 415. The molecule has 0 radical (unpaired) electrons. The van der Waals surface area contributed by atoms with E-state index in [1.807, 2.05) is 18.2 Å². The van der Waals surface area contributed by atoms with Gasteiger partial charge < -0.3 is 0 Å². The number of nitrogens with zero attached hydrogens (tertiary/aromatic N) is 2. The van der Waals surface area contributed by atoms with E-state index in [2.05, 4.69) is 32.0 Å². The second kappa shape index (κ2) is 4.33. The molecule has 0 unspecified atom stereocenters. The van der Waals surface area contributed by atoms with Crippen molar-refractivity contribution in [1.82, 2.24) is 9.97 Å². The van der Waals surface area contributed by atoms with Crippen molar-refractivity contribution in [3.05, 3.63) is 48.5 Å². The Hall–Kier alpha value is -1.22. The van der Waals surface area contributed by atoms with Gasteiger partial charge in [0.2, 0.25) is 0 Å². The summed E-state index contributed by atoms with van der Waals surface area (Å²) in [4.78, 5) is 8.30. The maximum Gasteiger partial charge on any atom is 0.0587 e. The molecule has 0 atom stereocenters. The standard InChI is InChI=1S/C11H9BrN2/c12-8-11-10(2-1-5-14-11)9-3-6-13-7-4-9/h1-7H,8H2. The Kier molecular flexibility index (Phi) is 2.89. The zero-order valence-corrected chi connectivity index (χ0v) is 9.11. The first-order chi connectivity index (χ1) is 6.92. The molecule has 0 aromatic carbocycles. The first-order valence-electron chi connectivity index (χ1n) is 4.32. The molecule has 3 heteroatoms. The molecular formula is C11H9BrN2. The van der Waals surface area contributed by atoms with Crippen LogP contribution in [0.4, 0.5) is 0 Å². The van der Waals surface area contributed by atoms with Crippen molar-refractivity contribution in [2.45, 2.75) is 5.33 Å². The Morgan fingerprint density at radius 1 is 1.07 bits per heavy atom. The third-order valence-corrected chi connectivity index (χ3v) is 2.54. The number of hydrogen-bond donors (Lipinski definition) is 0. The minimum Gasteiger partial charge on any atom is -0.265 e. The highest BCUT2D eigenvalue weighted by atomic mass is 79.9. The second-order valence-corrected chi connectivity index (χ2v) is 3.43. The van der Waals surface area contributed by atoms with Crippen LogP contribution in [-0.2, 0) is 5.33 Å². The minimum absolute atomic E-state index is 0.769. The molecule has 14 heavy (non-hydrogen) atoms. The smallest absolute Gasteiger partial charge is 0.0587 e. The topological polar surface area (TPSA) is 25.8 Å². The average molecular weight is 249 g/mol. The van der Waals surface area contributed by atoms with E-state index in [1.165, 1.54) is 0 Å². The maximum absolute atomic E-state index is 4.31. The van der Waals surface area contributed by atoms with E-state index >= 15 is 0 Å². The van der Waals surface area contributed by atoms with Crippen LogP contribution in [0.5, 0.6) is 0 Å². The van der Waals surface area contributed by atoms with Gasteiger partial charge in [-0.1, -0.05) is 22.0 Å². The number of pyridine rings is 2. The lowest BCUT2D eigenvalue weighted by Crippen LogP contribution is -1.89. The first kappa shape index (κ1) is 9.34. The quantitative estimate of drug-likeness (QED) is 0.764. The van der Waals surface area contributed by atoms with Gasteiger partial charge in [-0.15, -0.1) is 0 Å². The van der Waals surface area contributed by atoms with Crippen molar-refractivity contribution in [1.29, 1.82) is 0 Å². The van der Waals surface area contributed by atoms with Crippen LogP contribution in [0, 0.1) is 0 Å². The molecule has 2 aromatic rings. The number of aromatic nitrogens is 2. The summed E-state index contributed by atoms with van der Waals surface area (Å²) < 4.78 is 0. The van der Waals surface area contributed by atoms with E-state index in [0.29, 0.717) is 0 Å². The van der Waals surface area contributed by atoms with Gasteiger partial charge in [0.05, 0.1) is 5.69 Å². The number of alkyl halides is 1. The van der Waals surface area contributed by atoms with Gasteiger partial charge >= 0.3 is 0 Å². The summed E-state index contributed by atoms with van der Waals surface area (Å²) in [5, 5.41) is 0.769. The molecule has 0 bridgehead atoms. The molecular weight excluding hydrogens is 240 g/mol. The fourth-order valence-corrected chi connectivity index (χ4v) is 1.79. The maximum atomic E-state index is 4.31. The van der Waals surface area contributed by atoms with Crippen molar-refractivity contribution in [3.8, 4) is 11.1 Å². The molecule has 0 spiro atoms. The van der Waals surface area contributed by atoms with Crippen molar-refractivity contribution in [2.75, 3.05) is 0 Å². The Balaban J connectivity index is 2.51. The molecule has 0 saturated carbocycles. The highest BCUT2D eigenvalue weighted by Gasteiger charge is 2.03. The van der Waals surface area contributed by atoms with Crippen molar-refractivity contribution in [2.24, 2.45) is 0 Å². The van der Waals surface area contributed by atoms with E-state index in [1.54, 1.807) is 18.6 Å². The number of halogens is 1. The predicted molar refractivity (Wildman–Crippen MR) is 60.1 cm³/mol. The van der Waals surface area contributed by atoms with Crippen molar-refractivity contribution < 1.29 is 0 Å². The zero-order valence-electron chi connectivity index (χ0n) is 7.52. The van der Waals surface area contributed by atoms with Crippen LogP contribution in [0.15, 0.2) is 42.9 Å². The molecule has 0 saturated heterocycles. The monoisotopic (exact) mass is 248 g/mol. The predicted octanol–water partition coefficient (Wildman–Crippen LogP) is 3.04. The van der Waals surface area contributed by atoms with Crippen molar-refractivity contribution in [3.63, 3.8) is 0 Å². The molecule has 2 heterocycles. The molecule has 0 amide bonds. The van der Waals surface area contributed by atoms with E-state index in [0.717, 1.165) is 22.2 Å². The van der Waals surface area contributed by atoms with Gasteiger partial charge in [-0.2, -0.15) is 0 Å². The van der Waals surface area contributed by atoms with E-state index < -0.39 is 0 Å². The molecule has 2 nitrogen and oxygen atoms in total. The summed E-state index contributed by atoms with van der Waals surface area (Å²) >= 11 is 3.43. The van der Waals surface area contributed by atoms with Gasteiger partial charge in [-0.25, -0.2) is 0 Å². The molecule has 0 N–H and O–H groups in total. The van der Waals surface area contributed by atoms with Gasteiger partial charge in [-0.3, -0.25) is 9.97 Å². The summed E-state index contributed by atoms with van der Waals surface area (Å²) in [6.07, 6.45) is 5.39. The second-order valence-electron chi connectivity index (χ2n) is 2.87. The third-order valence-electron chi connectivity index (χ3n) is 2.01. The zero-order chi connectivity index (χ0) is 9.80. The van der Waals surface area contributed by atoms with Gasteiger partial charge in [0.25, 0.3) is 0 Å². The average Bonchev–Trinajstić information content (AvgIpc) is 2.30. The highest BCUT2D eigenvalue weighted by Crippen LogP contribution is 2.22. The normalized spacial score (nSPS) is 10.1. The Labute approximate surface area is 91.2 Å². The van der Waals surface area contributed by atoms with Crippen LogP contribution in [0.25, 0.3) is 11.1 Å². The van der Waals surface area contributed by atoms with E-state index in [9.17, 15) is 0 Å². The molecule has 0 fully saturated rings. The first-order valence-corrected chi connectivity index (χ1v) is 5.44. The molecule has 70 valence electrons. The van der Waals surface area contributed by atoms with Crippen LogP contribution >= 0.6 is 15.9 Å². The van der Waals surface area contributed by atoms with E-state index in [-0.39, 0.29) is 0 Å². The van der Waals surface area contributed by atoms with Crippen LogP contribution in [0.3, 0.4) is 0 Å². The Morgan fingerprint density at radius 3 is 2.57 bits per heavy atom. The summed E-state index contributed by atoms with van der Waals surface area (Å²) in [5.41, 5.74) is 3.37. The molecule has 0 aliphatic carbocycles. The molecule has 2 rings (SSSR count). The molecule has 0 aliphatic rings. The fraction of sp³-hybridized carbons (Fsp3) is 0.0909. The van der Waals surface area contributed by atoms with E-state index in [4.69, 9.17) is 0 Å². The molecule has 2 aromatic heterocycles. The van der Waals surface area contributed by atoms with Crippen LogP contribution in [-0.4, -0.2) is 9.97 Å². The summed E-state index contributed by atoms with van der Waals surface area (Å²) in [5.74, 6) is 0. The summed E-state index contributed by atoms with van der Waals surface area (Å²) in [7, 11) is 0. The SMILES string of the molecule is BrCc1ncccc1-c1ccncc1. The summed E-state index contributed by atoms with van der Waals surface area (Å²) in [6, 6.07) is 7.99. The van der Waals surface area contributed by atoms with Crippen LogP contribution < -0.4 is 0 Å². The lowest BCUT2D eigenvalue weighted by molar-refractivity contribution is 1.18. The lowest BCUT2D eigenvalue weighted by Gasteiger charge is -2.04. The van der Waals surface area contributed by atoms with Gasteiger partial charge in [0.1, 0.15) is 0 Å². The minimum atomic E-state index is 0.769. The molecule has 0 aliphatic heterocycles. The summed E-state index contributed by atoms with van der Waals surface area (Å²) in [6.45, 7) is 0. The lowest BCUT2D eigenvalue weighted by atomic mass is 10.1. The van der Waals surface area contributed by atoms with Gasteiger partial charge in [0.15, 0.2) is 0 Å². The number of hydrogen-bond acceptors (Lipinski definition) is 2. The Morgan fingerprint density at radius 2 is 1.86 bits per heavy atom. The third kappa shape index (κ3) is 1.82. The number of rotatable bonds is 2. The van der Waals surface area contributed by atoms with Crippen molar-refractivity contribution >= 4 is 15.9 Å².